The molecule has 1 aromatic rings. The van der Waals surface area contributed by atoms with Crippen LogP contribution in [0.25, 0.3) is 0 Å². The van der Waals surface area contributed by atoms with Crippen molar-refractivity contribution in [1.29, 1.82) is 0 Å². The minimum absolute atomic E-state index is 0.205. The number of hydrogen-bond donors (Lipinski definition) is 4. The van der Waals surface area contributed by atoms with Gasteiger partial charge in [0.2, 0.25) is 5.88 Å². The summed E-state index contributed by atoms with van der Waals surface area (Å²) in [6, 6.07) is 3.85. The fourth-order valence-corrected chi connectivity index (χ4v) is 2.81. The zero-order chi connectivity index (χ0) is 20.2. The van der Waals surface area contributed by atoms with E-state index in [4.69, 9.17) is 33.0 Å². The first kappa shape index (κ1) is 20.8. The van der Waals surface area contributed by atoms with Gasteiger partial charge in [0, 0.05) is 31.0 Å². The quantitative estimate of drug-likeness (QED) is 0.243. The third-order valence-electron chi connectivity index (χ3n) is 3.83. The summed E-state index contributed by atoms with van der Waals surface area (Å²) in [7, 11) is 0. The lowest BCUT2D eigenvalue weighted by Gasteiger charge is -2.34. The van der Waals surface area contributed by atoms with E-state index in [1.165, 1.54) is 12.1 Å². The van der Waals surface area contributed by atoms with Crippen molar-refractivity contribution >= 4 is 23.3 Å². The normalized spacial score (nSPS) is 16.6. The highest BCUT2D eigenvalue weighted by atomic mass is 35.5. The van der Waals surface area contributed by atoms with Gasteiger partial charge in [-0.2, -0.15) is 0 Å². The lowest BCUT2D eigenvalue weighted by molar-refractivity contribution is -0.274. The highest BCUT2D eigenvalue weighted by Gasteiger charge is 2.33. The molecule has 1 aliphatic rings. The van der Waals surface area contributed by atoms with Crippen LogP contribution < -0.4 is 26.6 Å². The molecule has 1 saturated heterocycles. The number of aliphatic carboxylic acids is 1. The van der Waals surface area contributed by atoms with Gasteiger partial charge in [-0.3, -0.25) is 5.84 Å². The van der Waals surface area contributed by atoms with Crippen LogP contribution in [0, 0.1) is 0 Å². The van der Waals surface area contributed by atoms with E-state index in [0.29, 0.717) is 25.9 Å². The lowest BCUT2D eigenvalue weighted by atomic mass is 10.1. The lowest BCUT2D eigenvalue weighted by Crippen LogP contribution is -2.39. The standard InChI is InChI=1S/C15H18ClF3N4O4/c16-8-1-2-11(27-15(17,18)19)10(7-8)23-5-3-9(4-6-23)26-13(20)12(22-21)14(24)25/h1-2,7,9,22H,3-6,20-21H2,(H,24,25)/b13-12+. The van der Waals surface area contributed by atoms with E-state index < -0.39 is 24.1 Å². The number of carbonyl (C=O) groups is 1. The Morgan fingerprint density at radius 2 is 1.96 bits per heavy atom. The second-order valence-corrected chi connectivity index (χ2v) is 6.09. The molecule has 150 valence electrons. The molecular formula is C15H18ClF3N4O4. The summed E-state index contributed by atoms with van der Waals surface area (Å²) in [6.45, 7) is 0.649. The van der Waals surface area contributed by atoms with E-state index in [0.717, 1.165) is 6.07 Å². The summed E-state index contributed by atoms with van der Waals surface area (Å²) in [5.41, 5.74) is 7.25. The number of nitrogens with zero attached hydrogens (tertiary/aromatic N) is 1. The predicted molar refractivity (Wildman–Crippen MR) is 90.6 cm³/mol. The number of piperidine rings is 1. The van der Waals surface area contributed by atoms with E-state index in [9.17, 15) is 18.0 Å². The highest BCUT2D eigenvalue weighted by molar-refractivity contribution is 6.30. The maximum atomic E-state index is 12.6. The Morgan fingerprint density at radius 3 is 2.48 bits per heavy atom. The van der Waals surface area contributed by atoms with Gasteiger partial charge in [-0.1, -0.05) is 11.6 Å². The zero-order valence-electron chi connectivity index (χ0n) is 13.9. The second kappa shape index (κ2) is 8.44. The van der Waals surface area contributed by atoms with Gasteiger partial charge in [-0.15, -0.1) is 13.2 Å². The topological polar surface area (TPSA) is 123 Å². The molecule has 1 fully saturated rings. The van der Waals surface area contributed by atoms with Gasteiger partial charge >= 0.3 is 12.3 Å². The molecule has 0 bridgehead atoms. The molecule has 0 aliphatic carbocycles. The molecule has 0 unspecified atom stereocenters. The highest BCUT2D eigenvalue weighted by Crippen LogP contribution is 2.36. The van der Waals surface area contributed by atoms with Crippen LogP contribution in [-0.4, -0.2) is 36.6 Å². The van der Waals surface area contributed by atoms with Crippen LogP contribution in [0.5, 0.6) is 5.75 Å². The number of hydrogen-bond acceptors (Lipinski definition) is 7. The van der Waals surface area contributed by atoms with Crippen LogP contribution in [0.4, 0.5) is 18.9 Å². The van der Waals surface area contributed by atoms with Crippen molar-refractivity contribution in [3.8, 4) is 5.75 Å². The molecule has 0 amide bonds. The van der Waals surface area contributed by atoms with Crippen molar-refractivity contribution in [3.05, 3.63) is 34.8 Å². The molecule has 12 heteroatoms. The summed E-state index contributed by atoms with van der Waals surface area (Å²) in [6.07, 6.45) is -4.48. The number of rotatable bonds is 6. The first-order chi connectivity index (χ1) is 12.6. The number of ether oxygens (including phenoxy) is 2. The molecule has 8 nitrogen and oxygen atoms in total. The molecule has 0 saturated carbocycles. The predicted octanol–water partition coefficient (Wildman–Crippen LogP) is 1.90. The molecule has 0 radical (unpaired) electrons. The van der Waals surface area contributed by atoms with Crippen molar-refractivity contribution in [2.24, 2.45) is 11.6 Å². The fourth-order valence-electron chi connectivity index (χ4n) is 2.64. The molecule has 6 N–H and O–H groups in total. The Hall–Kier alpha value is -2.53. The first-order valence-electron chi connectivity index (χ1n) is 7.77. The Kier molecular flexibility index (Phi) is 6.50. The minimum atomic E-state index is -4.83. The molecule has 1 aromatic carbocycles. The molecule has 1 heterocycles. The van der Waals surface area contributed by atoms with Crippen molar-refractivity contribution in [2.75, 3.05) is 18.0 Å². The number of carboxylic acids is 1. The number of benzene rings is 1. The Morgan fingerprint density at radius 1 is 1.33 bits per heavy atom. The molecular weight excluding hydrogens is 393 g/mol. The van der Waals surface area contributed by atoms with Crippen molar-refractivity contribution in [1.82, 2.24) is 5.43 Å². The number of carboxylic acid groups (broad SMARTS) is 1. The van der Waals surface area contributed by atoms with Crippen LogP contribution in [0.2, 0.25) is 5.02 Å². The van der Waals surface area contributed by atoms with Gasteiger partial charge < -0.3 is 30.6 Å². The van der Waals surface area contributed by atoms with Gasteiger partial charge in [-0.05, 0) is 18.2 Å². The van der Waals surface area contributed by atoms with Crippen LogP contribution in [0.1, 0.15) is 12.8 Å². The fraction of sp³-hybridized carbons (Fsp3) is 0.400. The van der Waals surface area contributed by atoms with Crippen LogP contribution in [0.3, 0.4) is 0 Å². The summed E-state index contributed by atoms with van der Waals surface area (Å²) >= 11 is 5.90. The number of halogens is 4. The molecule has 27 heavy (non-hydrogen) atoms. The summed E-state index contributed by atoms with van der Waals surface area (Å²) in [5, 5.41) is 9.20. The molecule has 2 rings (SSSR count). The Balaban J connectivity index is 2.08. The van der Waals surface area contributed by atoms with Crippen LogP contribution in [0.15, 0.2) is 29.8 Å². The largest absolute Gasteiger partial charge is 0.573 e. The Labute approximate surface area is 157 Å². The van der Waals surface area contributed by atoms with Crippen LogP contribution in [-0.2, 0) is 9.53 Å². The number of hydrazine groups is 1. The molecule has 0 aromatic heterocycles. The number of nitrogens with one attached hydrogen (secondary N) is 1. The van der Waals surface area contributed by atoms with Crippen molar-refractivity contribution in [3.63, 3.8) is 0 Å². The van der Waals surface area contributed by atoms with Gasteiger partial charge in [0.25, 0.3) is 0 Å². The first-order valence-corrected chi connectivity index (χ1v) is 8.15. The summed E-state index contributed by atoms with van der Waals surface area (Å²) < 4.78 is 47.2. The minimum Gasteiger partial charge on any atom is -0.476 e. The maximum absolute atomic E-state index is 12.6. The van der Waals surface area contributed by atoms with E-state index in [1.54, 1.807) is 4.90 Å². The van der Waals surface area contributed by atoms with E-state index in [-0.39, 0.29) is 22.3 Å². The average Bonchev–Trinajstić information content (AvgIpc) is 2.56. The number of alkyl halides is 3. The SMILES string of the molecule is NN/C(C(=O)O)=C(\N)OC1CCN(c2cc(Cl)ccc2OC(F)(F)F)CC1. The summed E-state index contributed by atoms with van der Waals surface area (Å²) in [5.74, 6) is 2.99. The average molecular weight is 411 g/mol. The Bertz CT molecular complexity index is 722. The van der Waals surface area contributed by atoms with E-state index in [2.05, 4.69) is 4.74 Å². The number of anilines is 1. The van der Waals surface area contributed by atoms with Gasteiger partial charge in [0.15, 0.2) is 11.4 Å². The molecule has 0 spiro atoms. The zero-order valence-corrected chi connectivity index (χ0v) is 14.7. The third-order valence-corrected chi connectivity index (χ3v) is 4.06. The third kappa shape index (κ3) is 5.73. The van der Waals surface area contributed by atoms with E-state index in [1.807, 2.05) is 5.43 Å². The van der Waals surface area contributed by atoms with Gasteiger partial charge in [-0.25, -0.2) is 4.79 Å². The van der Waals surface area contributed by atoms with Gasteiger partial charge in [0.1, 0.15) is 6.10 Å². The van der Waals surface area contributed by atoms with Crippen molar-refractivity contribution in [2.45, 2.75) is 25.3 Å². The van der Waals surface area contributed by atoms with Crippen molar-refractivity contribution < 1.29 is 32.5 Å². The number of nitrogens with two attached hydrogens (primary N) is 2. The smallest absolute Gasteiger partial charge is 0.476 e. The second-order valence-electron chi connectivity index (χ2n) is 5.65. The monoisotopic (exact) mass is 410 g/mol. The van der Waals surface area contributed by atoms with E-state index >= 15 is 0 Å². The molecule has 1 aliphatic heterocycles. The van der Waals surface area contributed by atoms with Crippen LogP contribution >= 0.6 is 11.6 Å². The maximum Gasteiger partial charge on any atom is 0.573 e. The van der Waals surface area contributed by atoms with Gasteiger partial charge in [0.05, 0.1) is 5.69 Å². The summed E-state index contributed by atoms with van der Waals surface area (Å²) in [4.78, 5) is 12.6. The molecule has 0 atom stereocenters.